The van der Waals surface area contributed by atoms with Crippen LogP contribution in [0.2, 0.25) is 0 Å². The van der Waals surface area contributed by atoms with Crippen molar-refractivity contribution in [3.05, 3.63) is 36.4 Å². The summed E-state index contributed by atoms with van der Waals surface area (Å²) < 4.78 is 0. The molecule has 2 aromatic rings. The Morgan fingerprint density at radius 2 is 1.47 bits per heavy atom. The molecule has 5 heteroatoms. The SMILES string of the molecule is CC(O)N1c2ccc(N)cc2Sc2cc(N)ccc21. The zero-order chi connectivity index (χ0) is 13.6. The molecule has 0 saturated heterocycles. The minimum Gasteiger partial charge on any atom is -0.399 e. The number of aliphatic hydroxyl groups excluding tert-OH is 1. The zero-order valence-corrected chi connectivity index (χ0v) is 11.3. The van der Waals surface area contributed by atoms with Crippen molar-refractivity contribution in [2.24, 2.45) is 0 Å². The van der Waals surface area contributed by atoms with Crippen molar-refractivity contribution in [3.63, 3.8) is 0 Å². The molecule has 0 saturated carbocycles. The first-order chi connectivity index (χ1) is 9.06. The van der Waals surface area contributed by atoms with E-state index in [9.17, 15) is 5.11 Å². The fourth-order valence-electron chi connectivity index (χ4n) is 2.27. The van der Waals surface area contributed by atoms with Gasteiger partial charge in [-0.2, -0.15) is 0 Å². The van der Waals surface area contributed by atoms with Crippen LogP contribution in [0.1, 0.15) is 6.92 Å². The van der Waals surface area contributed by atoms with Crippen LogP contribution in [0.3, 0.4) is 0 Å². The number of nitrogen functional groups attached to an aromatic ring is 2. The van der Waals surface area contributed by atoms with Gasteiger partial charge in [-0.05, 0) is 43.3 Å². The van der Waals surface area contributed by atoms with Gasteiger partial charge in [-0.3, -0.25) is 0 Å². The molecule has 0 fully saturated rings. The van der Waals surface area contributed by atoms with Crippen LogP contribution in [0.4, 0.5) is 22.7 Å². The molecule has 0 aromatic heterocycles. The first-order valence-electron chi connectivity index (χ1n) is 6.00. The van der Waals surface area contributed by atoms with Gasteiger partial charge in [-0.15, -0.1) is 0 Å². The number of anilines is 4. The van der Waals surface area contributed by atoms with E-state index in [0.717, 1.165) is 21.2 Å². The smallest absolute Gasteiger partial charge is 0.128 e. The maximum Gasteiger partial charge on any atom is 0.128 e. The summed E-state index contributed by atoms with van der Waals surface area (Å²) >= 11 is 1.62. The highest BCUT2D eigenvalue weighted by Crippen LogP contribution is 2.49. The molecule has 98 valence electrons. The number of rotatable bonds is 1. The fraction of sp³-hybridized carbons (Fsp3) is 0.143. The Labute approximate surface area is 116 Å². The van der Waals surface area contributed by atoms with Crippen LogP contribution < -0.4 is 16.4 Å². The Balaban J connectivity index is 2.20. The van der Waals surface area contributed by atoms with Gasteiger partial charge in [-0.25, -0.2) is 0 Å². The molecule has 1 unspecified atom stereocenters. The molecule has 0 radical (unpaired) electrons. The molecule has 19 heavy (non-hydrogen) atoms. The van der Waals surface area contributed by atoms with Crippen molar-refractivity contribution in [1.29, 1.82) is 0 Å². The third-order valence-corrected chi connectivity index (χ3v) is 4.17. The summed E-state index contributed by atoms with van der Waals surface area (Å²) in [6.07, 6.45) is -0.620. The molecule has 0 aliphatic carbocycles. The minimum absolute atomic E-state index is 0.620. The zero-order valence-electron chi connectivity index (χ0n) is 10.5. The Hall–Kier alpha value is -1.85. The van der Waals surface area contributed by atoms with E-state index < -0.39 is 6.23 Å². The average Bonchev–Trinajstić information content (AvgIpc) is 2.35. The average molecular weight is 273 g/mol. The summed E-state index contributed by atoms with van der Waals surface area (Å²) in [5.41, 5.74) is 15.0. The van der Waals surface area contributed by atoms with E-state index >= 15 is 0 Å². The number of aliphatic hydroxyl groups is 1. The minimum atomic E-state index is -0.620. The van der Waals surface area contributed by atoms with Gasteiger partial charge >= 0.3 is 0 Å². The summed E-state index contributed by atoms with van der Waals surface area (Å²) in [7, 11) is 0. The number of benzene rings is 2. The highest BCUT2D eigenvalue weighted by atomic mass is 32.2. The Bertz CT molecular complexity index is 591. The Kier molecular flexibility index (Phi) is 2.80. The maximum atomic E-state index is 10.1. The summed E-state index contributed by atoms with van der Waals surface area (Å²) in [6, 6.07) is 11.4. The number of hydrogen-bond acceptors (Lipinski definition) is 5. The number of fused-ring (bicyclic) bond motifs is 2. The van der Waals surface area contributed by atoms with Gasteiger partial charge < -0.3 is 21.5 Å². The topological polar surface area (TPSA) is 75.5 Å². The molecule has 2 aromatic carbocycles. The molecule has 3 rings (SSSR count). The lowest BCUT2D eigenvalue weighted by Gasteiger charge is -2.35. The molecular weight excluding hydrogens is 258 g/mol. The fourth-order valence-corrected chi connectivity index (χ4v) is 3.44. The van der Waals surface area contributed by atoms with Gasteiger partial charge in [-0.1, -0.05) is 11.8 Å². The van der Waals surface area contributed by atoms with Gasteiger partial charge in [0.05, 0.1) is 11.4 Å². The van der Waals surface area contributed by atoms with E-state index in [1.54, 1.807) is 18.7 Å². The van der Waals surface area contributed by atoms with Crippen molar-refractivity contribution in [2.75, 3.05) is 16.4 Å². The van der Waals surface area contributed by atoms with E-state index in [0.29, 0.717) is 11.4 Å². The third-order valence-electron chi connectivity index (χ3n) is 3.08. The predicted molar refractivity (Wildman–Crippen MR) is 79.7 cm³/mol. The van der Waals surface area contributed by atoms with E-state index in [4.69, 9.17) is 11.5 Å². The van der Waals surface area contributed by atoms with Crippen LogP contribution in [0.25, 0.3) is 0 Å². The highest BCUT2D eigenvalue weighted by molar-refractivity contribution is 7.99. The maximum absolute atomic E-state index is 10.1. The van der Waals surface area contributed by atoms with E-state index in [-0.39, 0.29) is 0 Å². The molecule has 0 bridgehead atoms. The second-order valence-corrected chi connectivity index (χ2v) is 5.64. The van der Waals surface area contributed by atoms with Crippen molar-refractivity contribution < 1.29 is 5.11 Å². The van der Waals surface area contributed by atoms with Crippen LogP contribution in [0.15, 0.2) is 46.2 Å². The molecule has 1 aliphatic rings. The van der Waals surface area contributed by atoms with E-state index in [1.807, 2.05) is 41.3 Å². The van der Waals surface area contributed by atoms with Gasteiger partial charge in [0.25, 0.3) is 0 Å². The van der Waals surface area contributed by atoms with Crippen LogP contribution in [0.5, 0.6) is 0 Å². The van der Waals surface area contributed by atoms with Crippen molar-refractivity contribution in [1.82, 2.24) is 0 Å². The lowest BCUT2D eigenvalue weighted by molar-refractivity contribution is 0.200. The van der Waals surface area contributed by atoms with Crippen LogP contribution in [-0.4, -0.2) is 11.3 Å². The molecule has 1 atom stereocenters. The largest absolute Gasteiger partial charge is 0.399 e. The van der Waals surface area contributed by atoms with Crippen molar-refractivity contribution >= 4 is 34.5 Å². The third kappa shape index (κ3) is 2.01. The van der Waals surface area contributed by atoms with Gasteiger partial charge in [0.1, 0.15) is 6.23 Å². The van der Waals surface area contributed by atoms with Crippen molar-refractivity contribution in [2.45, 2.75) is 22.9 Å². The van der Waals surface area contributed by atoms with Gasteiger partial charge in [0, 0.05) is 21.2 Å². The van der Waals surface area contributed by atoms with Crippen molar-refractivity contribution in [3.8, 4) is 0 Å². The molecule has 0 amide bonds. The molecule has 4 nitrogen and oxygen atoms in total. The van der Waals surface area contributed by atoms with E-state index in [1.165, 1.54) is 0 Å². The quantitative estimate of drug-likeness (QED) is 0.697. The van der Waals surface area contributed by atoms with Gasteiger partial charge in [0.2, 0.25) is 0 Å². The number of hydrogen-bond donors (Lipinski definition) is 3. The standard InChI is InChI=1S/C14H15N3OS/c1-8(18)17-11-4-2-9(15)6-13(11)19-14-7-10(16)3-5-12(14)17/h2-8,18H,15-16H2,1H3. The molecule has 1 heterocycles. The Morgan fingerprint density at radius 1 is 1.00 bits per heavy atom. The predicted octanol–water partition coefficient (Wildman–Crippen LogP) is 2.79. The van der Waals surface area contributed by atoms with Gasteiger partial charge in [0.15, 0.2) is 0 Å². The lowest BCUT2D eigenvalue weighted by Crippen LogP contribution is -2.30. The summed E-state index contributed by atoms with van der Waals surface area (Å²) in [5, 5.41) is 10.1. The van der Waals surface area contributed by atoms with Crippen LogP contribution in [-0.2, 0) is 0 Å². The number of nitrogens with two attached hydrogens (primary N) is 2. The first kappa shape index (κ1) is 12.2. The van der Waals surface area contributed by atoms with E-state index in [2.05, 4.69) is 0 Å². The number of nitrogens with zero attached hydrogens (tertiary/aromatic N) is 1. The molecule has 5 N–H and O–H groups in total. The summed E-state index contributed by atoms with van der Waals surface area (Å²) in [6.45, 7) is 1.75. The first-order valence-corrected chi connectivity index (χ1v) is 6.82. The monoisotopic (exact) mass is 273 g/mol. The highest BCUT2D eigenvalue weighted by Gasteiger charge is 2.26. The second kappa shape index (κ2) is 4.36. The lowest BCUT2D eigenvalue weighted by atomic mass is 10.2. The van der Waals surface area contributed by atoms with Crippen LogP contribution >= 0.6 is 11.8 Å². The molecule has 0 spiro atoms. The Morgan fingerprint density at radius 3 is 1.89 bits per heavy atom. The summed E-state index contributed by atoms with van der Waals surface area (Å²) in [5.74, 6) is 0. The molecule has 1 aliphatic heterocycles. The molecular formula is C14H15N3OS. The normalized spacial score (nSPS) is 14.7. The second-order valence-electron chi connectivity index (χ2n) is 4.56. The van der Waals surface area contributed by atoms with Crippen LogP contribution in [0, 0.1) is 0 Å². The summed E-state index contributed by atoms with van der Waals surface area (Å²) in [4.78, 5) is 3.94.